The minimum atomic E-state index is -0.364. The maximum atomic E-state index is 13.6. The highest BCUT2D eigenvalue weighted by molar-refractivity contribution is 5.82. The van der Waals surface area contributed by atoms with E-state index < -0.39 is 0 Å². The normalized spacial score (nSPS) is 12.6. The largest absolute Gasteiger partial charge is 0.320 e. The number of fused-ring (bicyclic) bond motifs is 1. The van der Waals surface area contributed by atoms with Crippen LogP contribution in [0, 0.1) is 12.7 Å². The number of nitrogens with zero attached hydrogens (tertiary/aromatic N) is 1. The molecule has 3 rings (SSSR count). The van der Waals surface area contributed by atoms with E-state index in [0.29, 0.717) is 0 Å². The lowest BCUT2D eigenvalue weighted by molar-refractivity contribution is 0.622. The summed E-state index contributed by atoms with van der Waals surface area (Å²) in [6, 6.07) is 14.3. The van der Waals surface area contributed by atoms with Crippen LogP contribution in [0.15, 0.2) is 54.7 Å². The summed E-state index contributed by atoms with van der Waals surface area (Å²) in [6.45, 7) is 1.87. The molecule has 1 atom stereocenters. The van der Waals surface area contributed by atoms with Crippen molar-refractivity contribution >= 4 is 10.9 Å². The van der Waals surface area contributed by atoms with Gasteiger partial charge in [0.1, 0.15) is 5.82 Å². The van der Waals surface area contributed by atoms with Gasteiger partial charge in [-0.05, 0) is 47.9 Å². The average molecular weight is 266 g/mol. The Kier molecular flexibility index (Phi) is 3.20. The number of benzene rings is 2. The van der Waals surface area contributed by atoms with Crippen molar-refractivity contribution in [3.8, 4) is 0 Å². The van der Waals surface area contributed by atoms with Gasteiger partial charge in [0.25, 0.3) is 0 Å². The van der Waals surface area contributed by atoms with Crippen LogP contribution in [0.3, 0.4) is 0 Å². The third-order valence-electron chi connectivity index (χ3n) is 3.44. The van der Waals surface area contributed by atoms with Gasteiger partial charge in [0.2, 0.25) is 0 Å². The van der Waals surface area contributed by atoms with Crippen molar-refractivity contribution in [2.24, 2.45) is 5.73 Å². The lowest BCUT2D eigenvalue weighted by atomic mass is 9.95. The number of rotatable bonds is 2. The number of hydrogen-bond acceptors (Lipinski definition) is 2. The third kappa shape index (κ3) is 2.28. The van der Waals surface area contributed by atoms with Crippen LogP contribution in [0.4, 0.5) is 4.39 Å². The van der Waals surface area contributed by atoms with Gasteiger partial charge in [0.05, 0.1) is 11.6 Å². The first-order valence-electron chi connectivity index (χ1n) is 6.51. The molecule has 0 radical (unpaired) electrons. The molecule has 0 bridgehead atoms. The molecule has 1 unspecified atom stereocenters. The van der Waals surface area contributed by atoms with Gasteiger partial charge in [0, 0.05) is 11.6 Å². The predicted molar refractivity (Wildman–Crippen MR) is 78.9 cm³/mol. The lowest BCUT2D eigenvalue weighted by Crippen LogP contribution is -2.13. The number of aryl methyl sites for hydroxylation is 1. The fourth-order valence-corrected chi connectivity index (χ4v) is 2.52. The van der Waals surface area contributed by atoms with E-state index in [4.69, 9.17) is 5.73 Å². The monoisotopic (exact) mass is 266 g/mol. The number of pyridine rings is 1. The molecular formula is C17H15FN2. The molecule has 0 spiro atoms. The SMILES string of the molecule is Cc1cc(F)cc(C(N)c2cccc3ncccc23)c1. The Hall–Kier alpha value is -2.26. The Morgan fingerprint density at radius 1 is 1.10 bits per heavy atom. The molecule has 3 heteroatoms. The molecule has 2 nitrogen and oxygen atoms in total. The summed E-state index contributed by atoms with van der Waals surface area (Å²) in [5.41, 5.74) is 9.83. The minimum absolute atomic E-state index is 0.256. The summed E-state index contributed by atoms with van der Waals surface area (Å²) in [6.07, 6.45) is 1.75. The molecule has 2 N–H and O–H groups in total. The molecule has 0 aliphatic rings. The van der Waals surface area contributed by atoms with Gasteiger partial charge < -0.3 is 5.73 Å². The van der Waals surface area contributed by atoms with Crippen LogP contribution < -0.4 is 5.73 Å². The van der Waals surface area contributed by atoms with Crippen LogP contribution in [0.1, 0.15) is 22.7 Å². The molecule has 100 valence electrons. The Morgan fingerprint density at radius 3 is 2.75 bits per heavy atom. The van der Waals surface area contributed by atoms with E-state index in [9.17, 15) is 4.39 Å². The first-order valence-corrected chi connectivity index (χ1v) is 6.51. The number of hydrogen-bond donors (Lipinski definition) is 1. The number of aromatic nitrogens is 1. The Labute approximate surface area is 117 Å². The van der Waals surface area contributed by atoms with Crippen molar-refractivity contribution in [2.75, 3.05) is 0 Å². The first kappa shape index (κ1) is 12.8. The van der Waals surface area contributed by atoms with Crippen LogP contribution in [-0.4, -0.2) is 4.98 Å². The van der Waals surface area contributed by atoms with Gasteiger partial charge in [-0.25, -0.2) is 4.39 Å². The topological polar surface area (TPSA) is 38.9 Å². The lowest BCUT2D eigenvalue weighted by Gasteiger charge is -2.15. The summed E-state index contributed by atoms with van der Waals surface area (Å²) in [7, 11) is 0. The van der Waals surface area contributed by atoms with E-state index in [2.05, 4.69) is 4.98 Å². The summed E-state index contributed by atoms with van der Waals surface area (Å²) >= 11 is 0. The highest BCUT2D eigenvalue weighted by Gasteiger charge is 2.13. The van der Waals surface area contributed by atoms with Crippen molar-refractivity contribution in [3.05, 3.63) is 77.2 Å². The van der Waals surface area contributed by atoms with Crippen LogP contribution in [0.5, 0.6) is 0 Å². The minimum Gasteiger partial charge on any atom is -0.320 e. The van der Waals surface area contributed by atoms with Gasteiger partial charge in [-0.3, -0.25) is 4.98 Å². The van der Waals surface area contributed by atoms with E-state index in [0.717, 1.165) is 27.6 Å². The summed E-state index contributed by atoms with van der Waals surface area (Å²) in [5, 5.41) is 1.00. The molecule has 1 heterocycles. The maximum Gasteiger partial charge on any atom is 0.123 e. The van der Waals surface area contributed by atoms with Crippen molar-refractivity contribution in [2.45, 2.75) is 13.0 Å². The fraction of sp³-hybridized carbons (Fsp3) is 0.118. The van der Waals surface area contributed by atoms with Crippen molar-refractivity contribution < 1.29 is 4.39 Å². The molecule has 1 aromatic heterocycles. The summed E-state index contributed by atoms with van der Waals surface area (Å²) in [4.78, 5) is 4.32. The Morgan fingerprint density at radius 2 is 1.95 bits per heavy atom. The van der Waals surface area contributed by atoms with E-state index in [1.54, 1.807) is 6.20 Å². The molecule has 0 aliphatic heterocycles. The predicted octanol–water partition coefficient (Wildman–Crippen LogP) is 3.73. The second-order valence-corrected chi connectivity index (χ2v) is 4.96. The van der Waals surface area contributed by atoms with Crippen LogP contribution in [-0.2, 0) is 0 Å². The number of halogens is 1. The van der Waals surface area contributed by atoms with E-state index in [1.165, 1.54) is 12.1 Å². The molecule has 0 amide bonds. The summed E-state index contributed by atoms with van der Waals surface area (Å²) < 4.78 is 13.6. The smallest absolute Gasteiger partial charge is 0.123 e. The Bertz CT molecular complexity index is 742. The van der Waals surface area contributed by atoms with Crippen molar-refractivity contribution in [1.29, 1.82) is 0 Å². The van der Waals surface area contributed by atoms with Gasteiger partial charge in [-0.15, -0.1) is 0 Å². The van der Waals surface area contributed by atoms with Crippen molar-refractivity contribution in [1.82, 2.24) is 4.98 Å². The zero-order valence-corrected chi connectivity index (χ0v) is 11.2. The molecule has 20 heavy (non-hydrogen) atoms. The van der Waals surface area contributed by atoms with E-state index in [-0.39, 0.29) is 11.9 Å². The average Bonchev–Trinajstić information content (AvgIpc) is 2.45. The number of nitrogens with two attached hydrogens (primary N) is 1. The summed E-state index contributed by atoms with van der Waals surface area (Å²) in [5.74, 6) is -0.256. The van der Waals surface area contributed by atoms with Crippen LogP contribution in [0.25, 0.3) is 10.9 Å². The first-order chi connectivity index (χ1) is 9.65. The second-order valence-electron chi connectivity index (χ2n) is 4.96. The van der Waals surface area contributed by atoms with Crippen molar-refractivity contribution in [3.63, 3.8) is 0 Å². The third-order valence-corrected chi connectivity index (χ3v) is 3.44. The molecule has 0 fully saturated rings. The molecule has 2 aromatic carbocycles. The fourth-order valence-electron chi connectivity index (χ4n) is 2.52. The van der Waals surface area contributed by atoms with Crippen LogP contribution >= 0.6 is 0 Å². The molecular weight excluding hydrogens is 251 g/mol. The van der Waals surface area contributed by atoms with Gasteiger partial charge in [-0.2, -0.15) is 0 Å². The van der Waals surface area contributed by atoms with Gasteiger partial charge in [0.15, 0.2) is 0 Å². The standard InChI is InChI=1S/C17H15FN2/c1-11-8-12(10-13(18)9-11)17(19)15-4-2-6-16-14(15)5-3-7-20-16/h2-10,17H,19H2,1H3. The Balaban J connectivity index is 2.15. The zero-order chi connectivity index (χ0) is 14.1. The molecule has 3 aromatic rings. The van der Waals surface area contributed by atoms with Crippen LogP contribution in [0.2, 0.25) is 0 Å². The molecule has 0 saturated heterocycles. The maximum absolute atomic E-state index is 13.6. The quantitative estimate of drug-likeness (QED) is 0.767. The van der Waals surface area contributed by atoms with E-state index >= 15 is 0 Å². The van der Waals surface area contributed by atoms with Gasteiger partial charge >= 0.3 is 0 Å². The second kappa shape index (κ2) is 5.02. The van der Waals surface area contributed by atoms with E-state index in [1.807, 2.05) is 43.3 Å². The van der Waals surface area contributed by atoms with Gasteiger partial charge in [-0.1, -0.05) is 24.3 Å². The highest BCUT2D eigenvalue weighted by Crippen LogP contribution is 2.27. The molecule has 0 aliphatic carbocycles. The highest BCUT2D eigenvalue weighted by atomic mass is 19.1. The molecule has 0 saturated carbocycles. The zero-order valence-electron chi connectivity index (χ0n) is 11.2.